The van der Waals surface area contributed by atoms with Crippen LogP contribution in [-0.4, -0.2) is 38.8 Å². The molecule has 0 spiro atoms. The molecule has 0 radical (unpaired) electrons. The molecule has 2 fully saturated rings. The van der Waals surface area contributed by atoms with Gasteiger partial charge in [0.15, 0.2) is 5.13 Å². The molecule has 0 bridgehead atoms. The first kappa shape index (κ1) is 17.4. The van der Waals surface area contributed by atoms with Crippen molar-refractivity contribution in [3.05, 3.63) is 28.7 Å². The Labute approximate surface area is 158 Å². The number of carbonyl (C=O) groups excluding carboxylic acids is 1. The number of thiazole rings is 1. The Balaban J connectivity index is 1.46. The van der Waals surface area contributed by atoms with Gasteiger partial charge in [-0.2, -0.15) is 0 Å². The summed E-state index contributed by atoms with van der Waals surface area (Å²) in [7, 11) is 0. The van der Waals surface area contributed by atoms with E-state index in [9.17, 15) is 4.79 Å². The van der Waals surface area contributed by atoms with Gasteiger partial charge in [-0.05, 0) is 33.1 Å². The van der Waals surface area contributed by atoms with E-state index < -0.39 is 0 Å². The predicted molar refractivity (Wildman–Crippen MR) is 103 cm³/mol. The summed E-state index contributed by atoms with van der Waals surface area (Å²) in [6.07, 6.45) is 5.45. The van der Waals surface area contributed by atoms with Gasteiger partial charge in [0.25, 0.3) is 0 Å². The molecule has 1 saturated heterocycles. The molecule has 2 aromatic rings. The third-order valence-corrected chi connectivity index (χ3v) is 6.17. The number of hydrogen-bond acceptors (Lipinski definition) is 6. The van der Waals surface area contributed by atoms with Gasteiger partial charge < -0.3 is 10.2 Å². The molecule has 6 nitrogen and oxygen atoms in total. The number of nitrogens with one attached hydrogen (secondary N) is 1. The van der Waals surface area contributed by atoms with Gasteiger partial charge in [0.2, 0.25) is 5.91 Å². The Kier molecular flexibility index (Phi) is 4.89. The van der Waals surface area contributed by atoms with Crippen molar-refractivity contribution in [2.24, 2.45) is 5.92 Å². The quantitative estimate of drug-likeness (QED) is 0.885. The molecule has 1 aliphatic carbocycles. The van der Waals surface area contributed by atoms with Crippen LogP contribution in [0.4, 0.5) is 10.9 Å². The number of likely N-dealkylation sites (tertiary alicyclic amines) is 1. The standard InChI is InChI=1S/C19H25N5OS/c1-12-9-16(23-19-21-13(2)11-26-19)22-17(20-12)15-7-8-24(10-15)18(25)14-5-3-4-6-14/h9,11,14-15H,3-8,10H2,1-2H3,(H,20,21,22,23)/t15-/m0/s1. The zero-order valence-corrected chi connectivity index (χ0v) is 16.2. The molecular weight excluding hydrogens is 346 g/mol. The Bertz CT molecular complexity index is 799. The smallest absolute Gasteiger partial charge is 0.225 e. The number of aromatic nitrogens is 3. The molecule has 1 saturated carbocycles. The molecule has 2 aliphatic rings. The number of carbonyl (C=O) groups is 1. The fourth-order valence-corrected chi connectivity index (χ4v) is 4.66. The van der Waals surface area contributed by atoms with E-state index >= 15 is 0 Å². The molecular formula is C19H25N5OS. The van der Waals surface area contributed by atoms with Crippen molar-refractivity contribution in [1.29, 1.82) is 0 Å². The molecule has 138 valence electrons. The Morgan fingerprint density at radius 3 is 2.69 bits per heavy atom. The molecule has 1 aliphatic heterocycles. The number of hydrogen-bond donors (Lipinski definition) is 1. The Morgan fingerprint density at radius 1 is 1.15 bits per heavy atom. The van der Waals surface area contributed by atoms with Gasteiger partial charge in [0, 0.05) is 42.1 Å². The van der Waals surface area contributed by atoms with E-state index in [0.29, 0.717) is 5.91 Å². The van der Waals surface area contributed by atoms with E-state index in [4.69, 9.17) is 4.98 Å². The highest BCUT2D eigenvalue weighted by molar-refractivity contribution is 7.13. The largest absolute Gasteiger partial charge is 0.342 e. The topological polar surface area (TPSA) is 71.0 Å². The minimum absolute atomic E-state index is 0.221. The molecule has 3 heterocycles. The van der Waals surface area contributed by atoms with Crippen LogP contribution in [0.25, 0.3) is 0 Å². The number of amides is 1. The van der Waals surface area contributed by atoms with Crippen molar-refractivity contribution in [1.82, 2.24) is 19.9 Å². The number of rotatable bonds is 4. The van der Waals surface area contributed by atoms with E-state index in [1.54, 1.807) is 11.3 Å². The van der Waals surface area contributed by atoms with Crippen molar-refractivity contribution in [3.8, 4) is 0 Å². The van der Waals surface area contributed by atoms with Crippen LogP contribution in [0.2, 0.25) is 0 Å². The summed E-state index contributed by atoms with van der Waals surface area (Å²) in [6, 6.07) is 1.94. The van der Waals surface area contributed by atoms with Gasteiger partial charge in [-0.1, -0.05) is 12.8 Å². The third-order valence-electron chi connectivity index (χ3n) is 5.30. The number of nitrogens with zero attached hydrogens (tertiary/aromatic N) is 4. The monoisotopic (exact) mass is 371 g/mol. The number of anilines is 2. The molecule has 1 amide bonds. The lowest BCUT2D eigenvalue weighted by atomic mass is 10.1. The summed E-state index contributed by atoms with van der Waals surface area (Å²) in [4.78, 5) is 28.5. The van der Waals surface area contributed by atoms with Crippen molar-refractivity contribution in [3.63, 3.8) is 0 Å². The highest BCUT2D eigenvalue weighted by Crippen LogP contribution is 2.32. The first-order chi connectivity index (χ1) is 12.6. The maximum Gasteiger partial charge on any atom is 0.225 e. The molecule has 0 aromatic carbocycles. The first-order valence-electron chi connectivity index (χ1n) is 9.42. The van der Waals surface area contributed by atoms with Crippen molar-refractivity contribution < 1.29 is 4.79 Å². The number of aryl methyl sites for hydroxylation is 2. The van der Waals surface area contributed by atoms with Crippen LogP contribution in [0.5, 0.6) is 0 Å². The summed E-state index contributed by atoms with van der Waals surface area (Å²) in [6.45, 7) is 5.53. The second kappa shape index (κ2) is 7.31. The second-order valence-corrected chi connectivity index (χ2v) is 8.28. The van der Waals surface area contributed by atoms with Crippen LogP contribution in [0.3, 0.4) is 0 Å². The fourth-order valence-electron chi connectivity index (χ4n) is 3.96. The van der Waals surface area contributed by atoms with Crippen molar-refractivity contribution >= 4 is 28.2 Å². The van der Waals surface area contributed by atoms with Gasteiger partial charge in [-0.15, -0.1) is 11.3 Å². The van der Waals surface area contributed by atoms with Crippen molar-refractivity contribution in [2.75, 3.05) is 18.4 Å². The summed E-state index contributed by atoms with van der Waals surface area (Å²) in [5, 5.41) is 6.14. The predicted octanol–water partition coefficient (Wildman–Crippen LogP) is 3.80. The Hall–Kier alpha value is -2.02. The van der Waals surface area contributed by atoms with Crippen LogP contribution in [0, 0.1) is 19.8 Å². The summed E-state index contributed by atoms with van der Waals surface area (Å²) in [5.41, 5.74) is 1.94. The lowest BCUT2D eigenvalue weighted by Crippen LogP contribution is -2.33. The van der Waals surface area contributed by atoms with Gasteiger partial charge in [0.1, 0.15) is 11.6 Å². The van der Waals surface area contributed by atoms with Gasteiger partial charge in [0.05, 0.1) is 5.69 Å². The van der Waals surface area contributed by atoms with Crippen LogP contribution in [0.1, 0.15) is 55.2 Å². The average molecular weight is 372 g/mol. The van der Waals surface area contributed by atoms with E-state index in [0.717, 1.165) is 60.5 Å². The van der Waals surface area contributed by atoms with Gasteiger partial charge in [-0.3, -0.25) is 4.79 Å². The highest BCUT2D eigenvalue weighted by Gasteiger charge is 2.34. The summed E-state index contributed by atoms with van der Waals surface area (Å²) >= 11 is 1.57. The van der Waals surface area contributed by atoms with E-state index in [2.05, 4.69) is 15.3 Å². The molecule has 0 unspecified atom stereocenters. The minimum atomic E-state index is 0.221. The maximum absolute atomic E-state index is 12.7. The van der Waals surface area contributed by atoms with E-state index in [1.807, 2.05) is 30.2 Å². The fraction of sp³-hybridized carbons (Fsp3) is 0.579. The van der Waals surface area contributed by atoms with Gasteiger partial charge in [-0.25, -0.2) is 15.0 Å². The highest BCUT2D eigenvalue weighted by atomic mass is 32.1. The molecule has 1 N–H and O–H groups in total. The zero-order chi connectivity index (χ0) is 18.1. The molecule has 2 aromatic heterocycles. The van der Waals surface area contributed by atoms with Crippen LogP contribution in [0.15, 0.2) is 11.4 Å². The van der Waals surface area contributed by atoms with Crippen molar-refractivity contribution in [2.45, 2.75) is 51.9 Å². The van der Waals surface area contributed by atoms with Crippen LogP contribution < -0.4 is 5.32 Å². The summed E-state index contributed by atoms with van der Waals surface area (Å²) in [5.74, 6) is 2.43. The first-order valence-corrected chi connectivity index (χ1v) is 10.3. The Morgan fingerprint density at radius 2 is 1.96 bits per heavy atom. The molecule has 26 heavy (non-hydrogen) atoms. The maximum atomic E-state index is 12.7. The van der Waals surface area contributed by atoms with Crippen LogP contribution in [-0.2, 0) is 4.79 Å². The average Bonchev–Trinajstić information content (AvgIpc) is 3.36. The zero-order valence-electron chi connectivity index (χ0n) is 15.4. The van der Waals surface area contributed by atoms with Crippen LogP contribution >= 0.6 is 11.3 Å². The SMILES string of the molecule is Cc1cc(Nc2nc(C)cs2)nc([C@H]2CCN(C(=O)C3CCCC3)C2)n1. The molecule has 4 rings (SSSR count). The normalized spacial score (nSPS) is 20.7. The minimum Gasteiger partial charge on any atom is -0.342 e. The lowest BCUT2D eigenvalue weighted by Gasteiger charge is -2.20. The molecule has 7 heteroatoms. The second-order valence-electron chi connectivity index (χ2n) is 7.42. The third kappa shape index (κ3) is 3.72. The van der Waals surface area contributed by atoms with E-state index in [1.165, 1.54) is 12.8 Å². The summed E-state index contributed by atoms with van der Waals surface area (Å²) < 4.78 is 0. The molecule has 1 atom stereocenters. The van der Waals surface area contributed by atoms with E-state index in [-0.39, 0.29) is 11.8 Å². The van der Waals surface area contributed by atoms with Gasteiger partial charge >= 0.3 is 0 Å². The lowest BCUT2D eigenvalue weighted by molar-refractivity contribution is -0.134.